The molecular formula is C26H23NO4. The number of benzene rings is 3. The van der Waals surface area contributed by atoms with E-state index in [9.17, 15) is 9.59 Å². The maximum absolute atomic E-state index is 12.9. The molecule has 31 heavy (non-hydrogen) atoms. The van der Waals surface area contributed by atoms with Gasteiger partial charge >= 0.3 is 11.9 Å². The van der Waals surface area contributed by atoms with E-state index in [0.29, 0.717) is 11.1 Å². The maximum Gasteiger partial charge on any atom is 0.338 e. The zero-order valence-corrected chi connectivity index (χ0v) is 17.4. The van der Waals surface area contributed by atoms with Crippen molar-refractivity contribution in [3.05, 3.63) is 107 Å². The summed E-state index contributed by atoms with van der Waals surface area (Å²) in [5, 5.41) is 3.61. The van der Waals surface area contributed by atoms with E-state index in [1.165, 1.54) is 0 Å². The molecule has 3 aromatic carbocycles. The van der Waals surface area contributed by atoms with Crippen molar-refractivity contribution in [2.45, 2.75) is 37.1 Å². The van der Waals surface area contributed by atoms with E-state index in [2.05, 4.69) is 5.32 Å². The molecule has 156 valence electrons. The van der Waals surface area contributed by atoms with Gasteiger partial charge in [-0.1, -0.05) is 60.7 Å². The van der Waals surface area contributed by atoms with Crippen molar-refractivity contribution < 1.29 is 19.1 Å². The summed E-state index contributed by atoms with van der Waals surface area (Å²) in [5.74, 6) is -0.883. The first-order chi connectivity index (χ1) is 14.9. The lowest BCUT2D eigenvalue weighted by molar-refractivity contribution is -0.0559. The van der Waals surface area contributed by atoms with Crippen LogP contribution in [0.2, 0.25) is 0 Å². The van der Waals surface area contributed by atoms with E-state index in [-0.39, 0.29) is 0 Å². The van der Waals surface area contributed by atoms with Crippen molar-refractivity contribution in [1.82, 2.24) is 5.32 Å². The number of rotatable bonds is 4. The van der Waals surface area contributed by atoms with E-state index in [4.69, 9.17) is 9.47 Å². The van der Waals surface area contributed by atoms with Crippen LogP contribution in [-0.4, -0.2) is 24.1 Å². The number of carbonyl (C=O) groups is 2. The van der Waals surface area contributed by atoms with Gasteiger partial charge in [-0.15, -0.1) is 0 Å². The van der Waals surface area contributed by atoms with Crippen LogP contribution in [0.3, 0.4) is 0 Å². The molecular weight excluding hydrogens is 390 g/mol. The summed E-state index contributed by atoms with van der Waals surface area (Å²) in [6, 6.07) is 25.7. The second-order valence-electron chi connectivity index (χ2n) is 8.46. The molecule has 4 unspecified atom stereocenters. The lowest BCUT2D eigenvalue weighted by Crippen LogP contribution is -2.50. The Hall–Kier alpha value is -3.44. The fraction of sp³-hybridized carbons (Fsp3) is 0.231. The van der Waals surface area contributed by atoms with Gasteiger partial charge in [0.25, 0.3) is 0 Å². The van der Waals surface area contributed by atoms with Crippen molar-refractivity contribution in [2.24, 2.45) is 0 Å². The number of hydrogen-bond acceptors (Lipinski definition) is 5. The molecule has 0 amide bonds. The zero-order chi connectivity index (χ0) is 21.6. The molecule has 1 N–H and O–H groups in total. The van der Waals surface area contributed by atoms with Gasteiger partial charge in [-0.25, -0.2) is 9.59 Å². The van der Waals surface area contributed by atoms with Crippen molar-refractivity contribution in [1.29, 1.82) is 0 Å². The predicted octanol–water partition coefficient (Wildman–Crippen LogP) is 4.19. The summed E-state index contributed by atoms with van der Waals surface area (Å²) in [4.78, 5) is 25.9. The molecule has 2 aliphatic rings. The van der Waals surface area contributed by atoms with Crippen LogP contribution >= 0.6 is 0 Å². The summed E-state index contributed by atoms with van der Waals surface area (Å²) < 4.78 is 12.1. The molecule has 2 aliphatic heterocycles. The van der Waals surface area contributed by atoms with Crippen LogP contribution in [0.4, 0.5) is 0 Å². The largest absolute Gasteiger partial charge is 0.452 e. The first-order valence-corrected chi connectivity index (χ1v) is 10.3. The smallest absolute Gasteiger partial charge is 0.338 e. The molecule has 3 aromatic rings. The molecule has 5 nitrogen and oxygen atoms in total. The van der Waals surface area contributed by atoms with Crippen LogP contribution in [0.1, 0.15) is 45.7 Å². The fourth-order valence-electron chi connectivity index (χ4n) is 4.99. The van der Waals surface area contributed by atoms with Crippen LogP contribution in [0, 0.1) is 0 Å². The van der Waals surface area contributed by atoms with Crippen molar-refractivity contribution in [2.75, 3.05) is 0 Å². The Morgan fingerprint density at radius 2 is 1.00 bits per heavy atom. The van der Waals surface area contributed by atoms with Crippen molar-refractivity contribution in [3.8, 4) is 0 Å². The van der Waals surface area contributed by atoms with E-state index in [1.807, 2.05) is 50.2 Å². The molecule has 5 rings (SSSR count). The van der Waals surface area contributed by atoms with Gasteiger partial charge in [0.1, 0.15) is 0 Å². The second kappa shape index (κ2) is 7.06. The van der Waals surface area contributed by atoms with Crippen molar-refractivity contribution in [3.63, 3.8) is 0 Å². The van der Waals surface area contributed by atoms with Crippen LogP contribution < -0.4 is 5.32 Å². The Labute approximate surface area is 181 Å². The summed E-state index contributed by atoms with van der Waals surface area (Å²) in [5.41, 5.74) is 1.65. The van der Waals surface area contributed by atoms with Gasteiger partial charge in [0.2, 0.25) is 0 Å². The maximum atomic E-state index is 12.9. The zero-order valence-electron chi connectivity index (χ0n) is 17.4. The minimum Gasteiger partial charge on any atom is -0.452 e. The average Bonchev–Trinajstić information content (AvgIpc) is 3.17. The van der Waals surface area contributed by atoms with E-state index >= 15 is 0 Å². The molecule has 1 saturated heterocycles. The highest BCUT2D eigenvalue weighted by Gasteiger charge is 2.68. The van der Waals surface area contributed by atoms with Gasteiger partial charge in [-0.3, -0.25) is 5.32 Å². The van der Waals surface area contributed by atoms with Crippen LogP contribution in [0.15, 0.2) is 84.9 Å². The number of ether oxygens (including phenoxy) is 2. The molecule has 0 spiro atoms. The molecule has 1 fully saturated rings. The van der Waals surface area contributed by atoms with E-state index in [1.54, 1.807) is 48.5 Å². The summed E-state index contributed by atoms with van der Waals surface area (Å²) in [6.45, 7) is 3.99. The molecule has 5 heteroatoms. The lowest BCUT2D eigenvalue weighted by Gasteiger charge is -2.38. The summed E-state index contributed by atoms with van der Waals surface area (Å²) in [7, 11) is 0. The fourth-order valence-corrected chi connectivity index (χ4v) is 4.99. The Morgan fingerprint density at radius 3 is 1.39 bits per heavy atom. The molecule has 4 atom stereocenters. The predicted molar refractivity (Wildman–Crippen MR) is 116 cm³/mol. The SMILES string of the molecule is CC12NC(C)(c3ccccc31)C(OC(=O)c1ccccc1)C2OC(=O)c1ccccc1. The topological polar surface area (TPSA) is 64.6 Å². The first-order valence-electron chi connectivity index (χ1n) is 10.3. The number of fused-ring (bicyclic) bond motifs is 5. The number of esters is 2. The Balaban J connectivity index is 1.54. The Morgan fingerprint density at radius 1 is 0.645 bits per heavy atom. The standard InChI is InChI=1S/C26H23NO4/c1-25-19-15-9-10-16-20(19)26(2,27-25)22(31-24(29)18-13-7-4-8-14-18)21(25)30-23(28)17-11-5-3-6-12-17/h3-16,21-22,27H,1-2H3. The molecule has 0 aromatic heterocycles. The minimum absolute atomic E-state index is 0.442. The highest BCUT2D eigenvalue weighted by atomic mass is 16.6. The number of carbonyl (C=O) groups excluding carboxylic acids is 2. The molecule has 2 bridgehead atoms. The molecule has 0 saturated carbocycles. The lowest BCUT2D eigenvalue weighted by atomic mass is 9.74. The third-order valence-electron chi connectivity index (χ3n) is 6.47. The first kappa shape index (κ1) is 19.5. The van der Waals surface area contributed by atoms with Gasteiger partial charge in [0.05, 0.1) is 22.2 Å². The van der Waals surface area contributed by atoms with Crippen LogP contribution in [0.5, 0.6) is 0 Å². The quantitative estimate of drug-likeness (QED) is 0.650. The van der Waals surface area contributed by atoms with Crippen LogP contribution in [-0.2, 0) is 20.6 Å². The number of nitrogens with one attached hydrogen (secondary N) is 1. The molecule has 2 heterocycles. The highest BCUT2D eigenvalue weighted by Crippen LogP contribution is 2.55. The van der Waals surface area contributed by atoms with E-state index in [0.717, 1.165) is 11.1 Å². The third-order valence-corrected chi connectivity index (χ3v) is 6.47. The van der Waals surface area contributed by atoms with Crippen molar-refractivity contribution >= 4 is 11.9 Å². The van der Waals surface area contributed by atoms with Crippen LogP contribution in [0.25, 0.3) is 0 Å². The third kappa shape index (κ3) is 2.96. The van der Waals surface area contributed by atoms with Gasteiger partial charge in [-0.05, 0) is 49.2 Å². The monoisotopic (exact) mass is 413 g/mol. The summed E-state index contributed by atoms with van der Waals surface area (Å²) >= 11 is 0. The molecule has 0 aliphatic carbocycles. The normalized spacial score (nSPS) is 28.1. The highest BCUT2D eigenvalue weighted by molar-refractivity contribution is 5.90. The Bertz CT molecular complexity index is 1060. The van der Waals surface area contributed by atoms with Gasteiger partial charge in [-0.2, -0.15) is 0 Å². The minimum atomic E-state index is -0.687. The number of hydrogen-bond donors (Lipinski definition) is 1. The van der Waals surface area contributed by atoms with E-state index < -0.39 is 35.2 Å². The average molecular weight is 413 g/mol. The van der Waals surface area contributed by atoms with Gasteiger partial charge < -0.3 is 9.47 Å². The molecule has 0 radical (unpaired) electrons. The Kier molecular flexibility index (Phi) is 4.45. The van der Waals surface area contributed by atoms with Gasteiger partial charge in [0, 0.05) is 0 Å². The second-order valence-corrected chi connectivity index (χ2v) is 8.46. The van der Waals surface area contributed by atoms with Gasteiger partial charge in [0.15, 0.2) is 12.2 Å². The summed E-state index contributed by atoms with van der Waals surface area (Å²) in [6.07, 6.45) is -1.37.